The molecule has 0 unspecified atom stereocenters. The predicted molar refractivity (Wildman–Crippen MR) is 89.0 cm³/mol. The summed E-state index contributed by atoms with van der Waals surface area (Å²) in [7, 11) is 0. The first-order valence-corrected chi connectivity index (χ1v) is 7.87. The molecule has 1 aliphatic rings. The molecule has 5 rings (SSSR count). The summed E-state index contributed by atoms with van der Waals surface area (Å²) >= 11 is 0. The highest BCUT2D eigenvalue weighted by atomic mass is 16.3. The second-order valence-electron chi connectivity index (χ2n) is 6.06. The monoisotopic (exact) mass is 301 g/mol. The van der Waals surface area contributed by atoms with Crippen LogP contribution in [0.1, 0.15) is 24.7 Å². The lowest BCUT2D eigenvalue weighted by Crippen LogP contribution is -1.82. The number of oxazole rings is 1. The maximum absolute atomic E-state index is 5.84. The number of nitrogens with zero attached hydrogens (tertiary/aromatic N) is 2. The second-order valence-corrected chi connectivity index (χ2v) is 6.06. The van der Waals surface area contributed by atoms with E-state index < -0.39 is 0 Å². The van der Waals surface area contributed by atoms with Crippen LogP contribution in [0.5, 0.6) is 0 Å². The lowest BCUT2D eigenvalue weighted by Gasteiger charge is -2.04. The maximum atomic E-state index is 5.84. The van der Waals surface area contributed by atoms with Gasteiger partial charge in [-0.3, -0.25) is 5.10 Å². The van der Waals surface area contributed by atoms with Crippen LogP contribution >= 0.6 is 0 Å². The number of aromatic amines is 1. The molecule has 2 heterocycles. The van der Waals surface area contributed by atoms with Crippen LogP contribution in [0.25, 0.3) is 33.5 Å². The van der Waals surface area contributed by atoms with Gasteiger partial charge < -0.3 is 4.42 Å². The molecule has 23 heavy (non-hydrogen) atoms. The zero-order valence-electron chi connectivity index (χ0n) is 12.5. The first-order chi connectivity index (χ1) is 11.4. The molecular weight excluding hydrogens is 286 g/mol. The van der Waals surface area contributed by atoms with Crippen LogP contribution in [0.15, 0.2) is 59.1 Å². The van der Waals surface area contributed by atoms with Crippen molar-refractivity contribution in [1.29, 1.82) is 0 Å². The summed E-state index contributed by atoms with van der Waals surface area (Å²) in [4.78, 5) is 4.65. The Labute approximate surface area is 133 Å². The van der Waals surface area contributed by atoms with Gasteiger partial charge in [0.2, 0.25) is 0 Å². The van der Waals surface area contributed by atoms with Crippen molar-refractivity contribution in [2.24, 2.45) is 0 Å². The molecule has 0 bridgehead atoms. The summed E-state index contributed by atoms with van der Waals surface area (Å²) in [6, 6.07) is 16.6. The third-order valence-electron chi connectivity index (χ3n) is 4.34. The van der Waals surface area contributed by atoms with Gasteiger partial charge in [-0.25, -0.2) is 4.98 Å². The highest BCUT2D eigenvalue weighted by Gasteiger charge is 2.28. The van der Waals surface area contributed by atoms with E-state index in [9.17, 15) is 0 Å². The zero-order chi connectivity index (χ0) is 15.2. The van der Waals surface area contributed by atoms with Crippen molar-refractivity contribution < 1.29 is 4.42 Å². The van der Waals surface area contributed by atoms with Gasteiger partial charge in [-0.15, -0.1) is 0 Å². The van der Waals surface area contributed by atoms with Crippen LogP contribution in [0.4, 0.5) is 0 Å². The van der Waals surface area contributed by atoms with Crippen LogP contribution in [0.3, 0.4) is 0 Å². The number of hydrogen-bond donors (Lipinski definition) is 1. The molecule has 4 heteroatoms. The first-order valence-electron chi connectivity index (χ1n) is 7.87. The van der Waals surface area contributed by atoms with Crippen molar-refractivity contribution in [2.75, 3.05) is 0 Å². The zero-order valence-corrected chi connectivity index (χ0v) is 12.5. The summed E-state index contributed by atoms with van der Waals surface area (Å²) in [6.45, 7) is 0. The summed E-state index contributed by atoms with van der Waals surface area (Å²) in [5, 5.41) is 7.03. The van der Waals surface area contributed by atoms with E-state index in [4.69, 9.17) is 4.42 Å². The Kier molecular flexibility index (Phi) is 2.65. The Morgan fingerprint density at radius 1 is 0.957 bits per heavy atom. The molecule has 112 valence electrons. The van der Waals surface area contributed by atoms with Crippen molar-refractivity contribution in [3.05, 3.63) is 60.6 Å². The quantitative estimate of drug-likeness (QED) is 0.593. The van der Waals surface area contributed by atoms with E-state index in [1.54, 1.807) is 6.20 Å². The molecule has 4 nitrogen and oxygen atoms in total. The van der Waals surface area contributed by atoms with Crippen molar-refractivity contribution in [3.8, 4) is 22.4 Å². The predicted octanol–water partition coefficient (Wildman–Crippen LogP) is 4.76. The molecule has 2 aromatic heterocycles. The molecule has 1 aliphatic carbocycles. The number of benzene rings is 2. The fourth-order valence-electron chi connectivity index (χ4n) is 2.91. The van der Waals surface area contributed by atoms with E-state index in [2.05, 4.69) is 51.6 Å². The van der Waals surface area contributed by atoms with Gasteiger partial charge >= 0.3 is 0 Å². The molecule has 0 radical (unpaired) electrons. The van der Waals surface area contributed by atoms with Crippen molar-refractivity contribution in [2.45, 2.75) is 18.8 Å². The summed E-state index contributed by atoms with van der Waals surface area (Å²) < 4.78 is 5.84. The van der Waals surface area contributed by atoms with E-state index >= 15 is 0 Å². The van der Waals surface area contributed by atoms with Gasteiger partial charge in [-0.2, -0.15) is 5.10 Å². The molecular formula is C19H15N3O. The Balaban J connectivity index is 1.58. The van der Waals surface area contributed by atoms with Crippen LogP contribution in [0, 0.1) is 0 Å². The summed E-state index contributed by atoms with van der Waals surface area (Å²) in [5.74, 6) is 1.43. The van der Waals surface area contributed by atoms with Gasteiger partial charge in [0.15, 0.2) is 11.5 Å². The maximum Gasteiger partial charge on any atom is 0.198 e. The molecule has 0 spiro atoms. The van der Waals surface area contributed by atoms with Gasteiger partial charge in [-0.05, 0) is 48.2 Å². The average Bonchev–Trinajstić information content (AvgIpc) is 3.13. The molecule has 1 fully saturated rings. The first kappa shape index (κ1) is 12.6. The van der Waals surface area contributed by atoms with Crippen molar-refractivity contribution in [3.63, 3.8) is 0 Å². The van der Waals surface area contributed by atoms with Gasteiger partial charge in [0.25, 0.3) is 0 Å². The number of fused-ring (bicyclic) bond motifs is 1. The van der Waals surface area contributed by atoms with E-state index in [0.29, 0.717) is 5.92 Å². The Morgan fingerprint density at radius 3 is 2.65 bits per heavy atom. The molecule has 0 amide bonds. The highest BCUT2D eigenvalue weighted by Crippen LogP contribution is 2.41. The van der Waals surface area contributed by atoms with Crippen LogP contribution in [0.2, 0.25) is 0 Å². The Bertz CT molecular complexity index is 981. The minimum atomic E-state index is 0.537. The fraction of sp³-hybridized carbons (Fsp3) is 0.158. The van der Waals surface area contributed by atoms with E-state index in [0.717, 1.165) is 39.4 Å². The lowest BCUT2D eigenvalue weighted by atomic mass is 10.0. The largest absolute Gasteiger partial charge is 0.440 e. The minimum absolute atomic E-state index is 0.537. The smallest absolute Gasteiger partial charge is 0.198 e. The topological polar surface area (TPSA) is 54.7 Å². The molecule has 4 aromatic rings. The molecule has 0 saturated heterocycles. The summed E-state index contributed by atoms with van der Waals surface area (Å²) in [6.07, 6.45) is 4.17. The second kappa shape index (κ2) is 4.81. The normalized spacial score (nSPS) is 14.4. The SMILES string of the molecule is c1cc(-c2ccc3oc(C4CC4)nc3c2)cc(-c2ccn[nH]2)c1. The average molecular weight is 301 g/mol. The Hall–Kier alpha value is -2.88. The van der Waals surface area contributed by atoms with Crippen LogP contribution in [-0.4, -0.2) is 15.2 Å². The van der Waals surface area contributed by atoms with E-state index in [-0.39, 0.29) is 0 Å². The molecule has 1 N–H and O–H groups in total. The minimum Gasteiger partial charge on any atom is -0.440 e. The number of H-pyrrole nitrogens is 1. The number of hydrogen-bond acceptors (Lipinski definition) is 3. The third-order valence-corrected chi connectivity index (χ3v) is 4.34. The number of aromatic nitrogens is 3. The highest BCUT2D eigenvalue weighted by molar-refractivity contribution is 5.81. The molecule has 0 aliphatic heterocycles. The van der Waals surface area contributed by atoms with Crippen molar-refractivity contribution >= 4 is 11.1 Å². The van der Waals surface area contributed by atoms with Gasteiger partial charge in [-0.1, -0.05) is 24.3 Å². The Morgan fingerprint density at radius 2 is 1.83 bits per heavy atom. The standard InChI is InChI=1S/C19H15N3O/c1-2-13(10-15(3-1)16-8-9-20-22-16)14-6-7-18-17(11-14)21-19(23-18)12-4-5-12/h1-3,6-12H,4-5H2,(H,20,22). The van der Waals surface area contributed by atoms with Gasteiger partial charge in [0, 0.05) is 17.7 Å². The lowest BCUT2D eigenvalue weighted by molar-refractivity contribution is 0.533. The van der Waals surface area contributed by atoms with Crippen LogP contribution < -0.4 is 0 Å². The van der Waals surface area contributed by atoms with Gasteiger partial charge in [0.1, 0.15) is 5.52 Å². The molecule has 0 atom stereocenters. The number of rotatable bonds is 3. The summed E-state index contributed by atoms with van der Waals surface area (Å²) in [5.41, 5.74) is 6.27. The fourth-order valence-corrected chi connectivity index (χ4v) is 2.91. The van der Waals surface area contributed by atoms with Gasteiger partial charge in [0.05, 0.1) is 5.69 Å². The molecule has 1 saturated carbocycles. The van der Waals surface area contributed by atoms with E-state index in [1.165, 1.54) is 12.8 Å². The van der Waals surface area contributed by atoms with Crippen LogP contribution in [-0.2, 0) is 0 Å². The third kappa shape index (κ3) is 2.23. The molecule has 2 aromatic carbocycles. The van der Waals surface area contributed by atoms with Crippen molar-refractivity contribution in [1.82, 2.24) is 15.2 Å². The number of nitrogens with one attached hydrogen (secondary N) is 1. The van der Waals surface area contributed by atoms with E-state index in [1.807, 2.05) is 12.1 Å².